The lowest BCUT2D eigenvalue weighted by molar-refractivity contribution is -0.143. The lowest BCUT2D eigenvalue weighted by Gasteiger charge is -2.36. The summed E-state index contributed by atoms with van der Waals surface area (Å²) in [6.45, 7) is 0.205. The molecule has 5 nitrogen and oxygen atoms in total. The maximum absolute atomic E-state index is 12.3. The first-order valence-corrected chi connectivity index (χ1v) is 11.5. The summed E-state index contributed by atoms with van der Waals surface area (Å²) in [6.07, 6.45) is 0. The minimum absolute atomic E-state index is 0.205. The molecule has 3 aromatic carbocycles. The Morgan fingerprint density at radius 2 is 1.36 bits per heavy atom. The van der Waals surface area contributed by atoms with Crippen molar-refractivity contribution in [3.63, 3.8) is 0 Å². The van der Waals surface area contributed by atoms with Crippen LogP contribution in [0.5, 0.6) is 0 Å². The molecule has 1 N–H and O–H groups in total. The quantitative estimate of drug-likeness (QED) is 0.267. The van der Waals surface area contributed by atoms with Gasteiger partial charge in [-0.15, -0.1) is 11.3 Å². The Morgan fingerprint density at radius 3 is 1.79 bits per heavy atom. The summed E-state index contributed by atoms with van der Waals surface area (Å²) in [4.78, 5) is 17.1. The van der Waals surface area contributed by atoms with Crippen LogP contribution in [0, 0.1) is 0 Å². The summed E-state index contributed by atoms with van der Waals surface area (Å²) < 4.78 is 10.2. The second-order valence-electron chi connectivity index (χ2n) is 7.58. The molecule has 6 heteroatoms. The van der Waals surface area contributed by atoms with Crippen molar-refractivity contribution in [1.29, 1.82) is 0 Å². The van der Waals surface area contributed by atoms with Crippen molar-refractivity contribution in [2.45, 2.75) is 11.5 Å². The molecule has 1 heterocycles. The number of benzene rings is 3. The molecule has 0 aliphatic rings. The third-order valence-corrected chi connectivity index (χ3v) is 6.39. The van der Waals surface area contributed by atoms with Gasteiger partial charge in [0, 0.05) is 12.5 Å². The maximum Gasteiger partial charge on any atom is 0.317 e. The fourth-order valence-electron chi connectivity index (χ4n) is 4.03. The Bertz CT molecular complexity index is 1070. The Balaban J connectivity index is 1.85. The van der Waals surface area contributed by atoms with Gasteiger partial charge in [-0.3, -0.25) is 4.79 Å². The van der Waals surface area contributed by atoms with Crippen molar-refractivity contribution in [3.05, 3.63) is 119 Å². The van der Waals surface area contributed by atoms with E-state index in [4.69, 9.17) is 14.5 Å². The number of anilines is 1. The highest BCUT2D eigenvalue weighted by molar-refractivity contribution is 7.13. The molecule has 0 saturated heterocycles. The Hall–Kier alpha value is -3.48. The van der Waals surface area contributed by atoms with Gasteiger partial charge >= 0.3 is 5.97 Å². The van der Waals surface area contributed by atoms with Crippen molar-refractivity contribution in [1.82, 2.24) is 4.98 Å². The molecule has 4 rings (SSSR count). The van der Waals surface area contributed by atoms with E-state index in [1.807, 2.05) is 60.0 Å². The summed E-state index contributed by atoms with van der Waals surface area (Å²) >= 11 is 1.46. The second kappa shape index (κ2) is 10.4. The summed E-state index contributed by atoms with van der Waals surface area (Å²) in [5.74, 6) is -0.944. The van der Waals surface area contributed by atoms with Crippen LogP contribution in [0.1, 0.15) is 28.3 Å². The van der Waals surface area contributed by atoms with Gasteiger partial charge in [0.25, 0.3) is 0 Å². The highest BCUT2D eigenvalue weighted by atomic mass is 32.1. The van der Waals surface area contributed by atoms with Gasteiger partial charge in [-0.25, -0.2) is 4.98 Å². The van der Waals surface area contributed by atoms with Crippen LogP contribution in [0.25, 0.3) is 0 Å². The molecule has 0 aliphatic heterocycles. The van der Waals surface area contributed by atoms with E-state index >= 15 is 0 Å². The Morgan fingerprint density at radius 1 is 0.879 bits per heavy atom. The number of carbonyl (C=O) groups is 1. The average molecular weight is 459 g/mol. The number of methoxy groups -OCH3 is 2. The van der Waals surface area contributed by atoms with E-state index in [2.05, 4.69) is 41.7 Å². The smallest absolute Gasteiger partial charge is 0.317 e. The van der Waals surface area contributed by atoms with Crippen molar-refractivity contribution in [3.8, 4) is 0 Å². The molecule has 1 unspecified atom stereocenters. The summed E-state index contributed by atoms with van der Waals surface area (Å²) in [6, 6.07) is 31.0. The zero-order chi connectivity index (χ0) is 23.1. The predicted molar refractivity (Wildman–Crippen MR) is 132 cm³/mol. The molecule has 0 amide bonds. The third kappa shape index (κ3) is 4.67. The lowest BCUT2D eigenvalue weighted by Crippen LogP contribution is -2.38. The average Bonchev–Trinajstić information content (AvgIpc) is 3.35. The maximum atomic E-state index is 12.3. The minimum atomic E-state index is -0.680. The normalized spacial score (nSPS) is 12.2. The van der Waals surface area contributed by atoms with Crippen LogP contribution in [-0.2, 0) is 19.8 Å². The van der Waals surface area contributed by atoms with Crippen LogP contribution < -0.4 is 5.32 Å². The molecule has 1 aromatic heterocycles. The molecule has 0 saturated carbocycles. The highest BCUT2D eigenvalue weighted by Crippen LogP contribution is 2.41. The van der Waals surface area contributed by atoms with Gasteiger partial charge in [0.15, 0.2) is 5.13 Å². The van der Waals surface area contributed by atoms with E-state index < -0.39 is 11.5 Å². The van der Waals surface area contributed by atoms with Crippen molar-refractivity contribution in [2.75, 3.05) is 26.1 Å². The van der Waals surface area contributed by atoms with E-state index in [1.54, 1.807) is 7.11 Å². The van der Waals surface area contributed by atoms with E-state index in [9.17, 15) is 4.79 Å². The highest BCUT2D eigenvalue weighted by Gasteiger charge is 2.37. The molecule has 0 radical (unpaired) electrons. The van der Waals surface area contributed by atoms with E-state index in [0.29, 0.717) is 10.8 Å². The lowest BCUT2D eigenvalue weighted by atomic mass is 9.77. The van der Waals surface area contributed by atoms with Crippen LogP contribution in [0.4, 0.5) is 5.13 Å². The topological polar surface area (TPSA) is 60.5 Å². The van der Waals surface area contributed by atoms with Crippen LogP contribution >= 0.6 is 11.3 Å². The monoisotopic (exact) mass is 458 g/mol. The van der Waals surface area contributed by atoms with Gasteiger partial charge in [-0.2, -0.15) is 0 Å². The molecule has 168 valence electrons. The molecular weight excluding hydrogens is 432 g/mol. The summed E-state index contributed by atoms with van der Waals surface area (Å²) in [5, 5.41) is 6.31. The molecule has 0 bridgehead atoms. The van der Waals surface area contributed by atoms with Gasteiger partial charge in [0.05, 0.1) is 19.4 Å². The first kappa shape index (κ1) is 22.7. The standard InChI is InChI=1S/C27H26N2O3S/c1-31-18-23(25(30)32-2)24-19-33-26(28-24)29-27(20-12-6-3-7-13-20,21-14-8-4-9-15-21)22-16-10-5-11-17-22/h3-17,19,23H,18H2,1-2H3,(H,28,29). The van der Waals surface area contributed by atoms with Gasteiger partial charge < -0.3 is 14.8 Å². The Labute approximate surface area is 198 Å². The van der Waals surface area contributed by atoms with Crippen LogP contribution in [0.3, 0.4) is 0 Å². The van der Waals surface area contributed by atoms with Gasteiger partial charge in [0.1, 0.15) is 11.5 Å². The van der Waals surface area contributed by atoms with Gasteiger partial charge in [0.2, 0.25) is 0 Å². The molecule has 0 spiro atoms. The fraction of sp³-hybridized carbons (Fsp3) is 0.185. The number of thiazole rings is 1. The molecule has 4 aromatic rings. The zero-order valence-electron chi connectivity index (χ0n) is 18.6. The number of ether oxygens (including phenoxy) is 2. The van der Waals surface area contributed by atoms with E-state index in [0.717, 1.165) is 16.7 Å². The van der Waals surface area contributed by atoms with Crippen molar-refractivity contribution >= 4 is 22.4 Å². The number of hydrogen-bond donors (Lipinski definition) is 1. The molecular formula is C27H26N2O3S. The van der Waals surface area contributed by atoms with Crippen LogP contribution in [0.15, 0.2) is 96.4 Å². The van der Waals surface area contributed by atoms with E-state index in [1.165, 1.54) is 18.4 Å². The first-order valence-electron chi connectivity index (χ1n) is 10.7. The van der Waals surface area contributed by atoms with Crippen molar-refractivity contribution in [2.24, 2.45) is 0 Å². The number of esters is 1. The molecule has 0 aliphatic carbocycles. The molecule has 1 atom stereocenters. The number of nitrogens with zero attached hydrogens (tertiary/aromatic N) is 1. The molecule has 0 fully saturated rings. The van der Waals surface area contributed by atoms with Gasteiger partial charge in [-0.05, 0) is 16.7 Å². The Kier molecular flexibility index (Phi) is 7.17. The van der Waals surface area contributed by atoms with Gasteiger partial charge in [-0.1, -0.05) is 91.0 Å². The predicted octanol–water partition coefficient (Wildman–Crippen LogP) is 5.45. The fourth-order valence-corrected chi connectivity index (χ4v) is 4.85. The third-order valence-electron chi connectivity index (χ3n) is 5.61. The summed E-state index contributed by atoms with van der Waals surface area (Å²) in [5.41, 5.74) is 3.20. The number of hydrogen-bond acceptors (Lipinski definition) is 6. The molecule has 33 heavy (non-hydrogen) atoms. The first-order chi connectivity index (χ1) is 16.2. The number of rotatable bonds is 9. The summed E-state index contributed by atoms with van der Waals surface area (Å²) in [7, 11) is 2.94. The number of nitrogens with one attached hydrogen (secondary N) is 1. The van der Waals surface area contributed by atoms with Crippen LogP contribution in [-0.4, -0.2) is 31.8 Å². The number of aromatic nitrogens is 1. The SMILES string of the molecule is COCC(C(=O)OC)c1csc(NC(c2ccccc2)(c2ccccc2)c2ccccc2)n1. The van der Waals surface area contributed by atoms with E-state index in [-0.39, 0.29) is 12.6 Å². The van der Waals surface area contributed by atoms with Crippen LogP contribution in [0.2, 0.25) is 0 Å². The minimum Gasteiger partial charge on any atom is -0.468 e. The second-order valence-corrected chi connectivity index (χ2v) is 8.44. The zero-order valence-corrected chi connectivity index (χ0v) is 19.4. The number of carbonyl (C=O) groups excluding carboxylic acids is 1. The largest absolute Gasteiger partial charge is 0.468 e. The van der Waals surface area contributed by atoms with Crippen molar-refractivity contribution < 1.29 is 14.3 Å².